The molecule has 1 rings (SSSR count). The molecule has 0 aromatic heterocycles. The maximum atomic E-state index is 5.43. The van der Waals surface area contributed by atoms with Crippen molar-refractivity contribution >= 4 is 29.9 Å². The molecule has 0 saturated carbocycles. The number of aliphatic imine (C=N–C) groups is 1. The van der Waals surface area contributed by atoms with Gasteiger partial charge in [-0.3, -0.25) is 4.99 Å². The molecule has 0 bridgehead atoms. The second kappa shape index (κ2) is 17.5. The molecule has 150 valence electrons. The Kier molecular flexibility index (Phi) is 16.9. The van der Waals surface area contributed by atoms with Crippen molar-refractivity contribution in [2.45, 2.75) is 19.4 Å². The van der Waals surface area contributed by atoms with Crippen molar-refractivity contribution in [3.63, 3.8) is 0 Å². The average Bonchev–Trinajstić information content (AvgIpc) is 2.63. The third-order valence-electron chi connectivity index (χ3n) is 3.72. The first kappa shape index (κ1) is 25.1. The van der Waals surface area contributed by atoms with E-state index in [0.29, 0.717) is 13.2 Å². The number of nitrogens with one attached hydrogen (secondary N) is 2. The average molecular weight is 478 g/mol. The van der Waals surface area contributed by atoms with Crippen LogP contribution in [0.1, 0.15) is 18.4 Å². The van der Waals surface area contributed by atoms with Gasteiger partial charge >= 0.3 is 0 Å². The van der Waals surface area contributed by atoms with Crippen LogP contribution in [0.25, 0.3) is 0 Å². The fraction of sp³-hybridized carbons (Fsp3) is 0.632. The molecule has 2 N–H and O–H groups in total. The molecule has 7 heteroatoms. The van der Waals surface area contributed by atoms with Crippen LogP contribution in [0.3, 0.4) is 0 Å². The highest BCUT2D eigenvalue weighted by Crippen LogP contribution is 2.02. The molecule has 0 unspecified atom stereocenters. The van der Waals surface area contributed by atoms with Crippen molar-refractivity contribution in [3.05, 3.63) is 35.9 Å². The van der Waals surface area contributed by atoms with Gasteiger partial charge < -0.3 is 25.0 Å². The second-order valence-corrected chi connectivity index (χ2v) is 5.96. The van der Waals surface area contributed by atoms with Gasteiger partial charge in [0, 0.05) is 40.4 Å². The Bertz CT molecular complexity index is 460. The predicted octanol–water partition coefficient (Wildman–Crippen LogP) is 2.34. The molecule has 26 heavy (non-hydrogen) atoms. The smallest absolute Gasteiger partial charge is 0.190 e. The van der Waals surface area contributed by atoms with E-state index in [4.69, 9.17) is 9.47 Å². The van der Waals surface area contributed by atoms with E-state index in [1.54, 1.807) is 14.2 Å². The van der Waals surface area contributed by atoms with E-state index < -0.39 is 0 Å². The Balaban J connectivity index is 0.00000625. The summed E-state index contributed by atoms with van der Waals surface area (Å²) >= 11 is 0. The first-order chi connectivity index (χ1) is 12.3. The van der Waals surface area contributed by atoms with Crippen molar-refractivity contribution in [1.82, 2.24) is 15.5 Å². The number of methoxy groups -OCH3 is 1. The van der Waals surface area contributed by atoms with Crippen molar-refractivity contribution in [1.29, 1.82) is 0 Å². The maximum Gasteiger partial charge on any atom is 0.190 e. The minimum atomic E-state index is 0. The van der Waals surface area contributed by atoms with E-state index in [0.717, 1.165) is 51.6 Å². The van der Waals surface area contributed by atoms with Gasteiger partial charge in [0.2, 0.25) is 0 Å². The van der Waals surface area contributed by atoms with E-state index >= 15 is 0 Å². The summed E-state index contributed by atoms with van der Waals surface area (Å²) in [7, 11) is 5.63. The summed E-state index contributed by atoms with van der Waals surface area (Å²) < 4.78 is 10.4. The van der Waals surface area contributed by atoms with Crippen LogP contribution in [-0.4, -0.2) is 71.5 Å². The topological polar surface area (TPSA) is 58.1 Å². The molecule has 0 aliphatic carbocycles. The summed E-state index contributed by atoms with van der Waals surface area (Å²) in [5.41, 5.74) is 1.35. The Morgan fingerprint density at radius 2 is 1.73 bits per heavy atom. The number of halogens is 1. The molecule has 0 aliphatic rings. The Hall–Kier alpha value is -0.900. The summed E-state index contributed by atoms with van der Waals surface area (Å²) in [6.45, 7) is 5.82. The van der Waals surface area contributed by atoms with Gasteiger partial charge in [-0.25, -0.2) is 0 Å². The zero-order valence-electron chi connectivity index (χ0n) is 16.4. The quantitative estimate of drug-likeness (QED) is 0.197. The van der Waals surface area contributed by atoms with E-state index in [1.165, 1.54) is 5.56 Å². The second-order valence-electron chi connectivity index (χ2n) is 5.96. The van der Waals surface area contributed by atoms with Crippen molar-refractivity contribution in [3.8, 4) is 0 Å². The molecular weight excluding hydrogens is 443 g/mol. The SMILES string of the molecule is CN=C(NCCCOCCOC)NCCCN(C)Cc1ccccc1.I. The third-order valence-corrected chi connectivity index (χ3v) is 3.72. The molecule has 0 aliphatic heterocycles. The van der Waals surface area contributed by atoms with Gasteiger partial charge in [-0.1, -0.05) is 30.3 Å². The van der Waals surface area contributed by atoms with Gasteiger partial charge in [-0.05, 0) is 32.0 Å². The van der Waals surface area contributed by atoms with Crippen LogP contribution >= 0.6 is 24.0 Å². The molecule has 0 heterocycles. The van der Waals surface area contributed by atoms with Crippen molar-refractivity contribution in [2.24, 2.45) is 4.99 Å². The first-order valence-electron chi connectivity index (χ1n) is 9.00. The molecule has 0 radical (unpaired) electrons. The minimum Gasteiger partial charge on any atom is -0.382 e. The largest absolute Gasteiger partial charge is 0.382 e. The molecular formula is C19H35IN4O2. The number of hydrogen-bond donors (Lipinski definition) is 2. The van der Waals surface area contributed by atoms with Crippen LogP contribution in [0.5, 0.6) is 0 Å². The van der Waals surface area contributed by atoms with Crippen LogP contribution in [0, 0.1) is 0 Å². The number of hydrogen-bond acceptors (Lipinski definition) is 4. The van der Waals surface area contributed by atoms with Crippen LogP contribution in [0.2, 0.25) is 0 Å². The lowest BCUT2D eigenvalue weighted by Crippen LogP contribution is -2.39. The van der Waals surface area contributed by atoms with Crippen molar-refractivity contribution < 1.29 is 9.47 Å². The fourth-order valence-electron chi connectivity index (χ4n) is 2.38. The summed E-state index contributed by atoms with van der Waals surface area (Å²) in [5, 5.41) is 6.65. The predicted molar refractivity (Wildman–Crippen MR) is 119 cm³/mol. The Labute approximate surface area is 175 Å². The highest BCUT2D eigenvalue weighted by Gasteiger charge is 2.01. The number of rotatable bonds is 13. The van der Waals surface area contributed by atoms with Gasteiger partial charge in [-0.15, -0.1) is 24.0 Å². The standard InChI is InChI=1S/C19H34N4O2.HI/c1-20-19(22-12-8-14-25-16-15-24-3)21-11-7-13-23(2)17-18-9-5-4-6-10-18;/h4-6,9-10H,7-8,11-17H2,1-3H3,(H2,20,21,22);1H. The van der Waals surface area contributed by atoms with Crippen LogP contribution in [0.15, 0.2) is 35.3 Å². The van der Waals surface area contributed by atoms with Gasteiger partial charge in [0.05, 0.1) is 13.2 Å². The van der Waals surface area contributed by atoms with Gasteiger partial charge in [-0.2, -0.15) is 0 Å². The number of benzene rings is 1. The fourth-order valence-corrected chi connectivity index (χ4v) is 2.38. The monoisotopic (exact) mass is 478 g/mol. The molecule has 0 saturated heterocycles. The lowest BCUT2D eigenvalue weighted by molar-refractivity contribution is 0.0698. The zero-order chi connectivity index (χ0) is 18.2. The number of nitrogens with zero attached hydrogens (tertiary/aromatic N) is 2. The van der Waals surface area contributed by atoms with E-state index in [9.17, 15) is 0 Å². The maximum absolute atomic E-state index is 5.43. The number of ether oxygens (including phenoxy) is 2. The normalized spacial score (nSPS) is 11.3. The molecule has 1 aromatic carbocycles. The summed E-state index contributed by atoms with van der Waals surface area (Å²) in [4.78, 5) is 6.58. The Morgan fingerprint density at radius 3 is 2.38 bits per heavy atom. The van der Waals surface area contributed by atoms with E-state index in [-0.39, 0.29) is 24.0 Å². The molecule has 0 amide bonds. The van der Waals surface area contributed by atoms with Gasteiger partial charge in [0.25, 0.3) is 0 Å². The zero-order valence-corrected chi connectivity index (χ0v) is 18.7. The summed E-state index contributed by atoms with van der Waals surface area (Å²) in [5.74, 6) is 0.850. The molecule has 0 atom stereocenters. The van der Waals surface area contributed by atoms with Gasteiger partial charge in [0.1, 0.15) is 0 Å². The van der Waals surface area contributed by atoms with Crippen LogP contribution in [0.4, 0.5) is 0 Å². The number of guanidine groups is 1. The Morgan fingerprint density at radius 1 is 1.04 bits per heavy atom. The highest BCUT2D eigenvalue weighted by molar-refractivity contribution is 14.0. The third kappa shape index (κ3) is 13.3. The lowest BCUT2D eigenvalue weighted by Gasteiger charge is -2.17. The molecule has 0 fully saturated rings. The van der Waals surface area contributed by atoms with E-state index in [2.05, 4.69) is 57.9 Å². The molecule has 1 aromatic rings. The first-order valence-corrected chi connectivity index (χ1v) is 9.00. The molecule has 6 nitrogen and oxygen atoms in total. The minimum absolute atomic E-state index is 0. The highest BCUT2D eigenvalue weighted by atomic mass is 127. The molecule has 0 spiro atoms. The lowest BCUT2D eigenvalue weighted by atomic mass is 10.2. The van der Waals surface area contributed by atoms with E-state index in [1.807, 2.05) is 0 Å². The summed E-state index contributed by atoms with van der Waals surface area (Å²) in [6.07, 6.45) is 2.02. The van der Waals surface area contributed by atoms with Crippen LogP contribution in [-0.2, 0) is 16.0 Å². The summed E-state index contributed by atoms with van der Waals surface area (Å²) in [6, 6.07) is 10.6. The van der Waals surface area contributed by atoms with Crippen molar-refractivity contribution in [2.75, 3.05) is 60.7 Å². The van der Waals surface area contributed by atoms with Gasteiger partial charge in [0.15, 0.2) is 5.96 Å². The van der Waals surface area contributed by atoms with Crippen LogP contribution < -0.4 is 10.6 Å².